The largest absolute Gasteiger partial charge is 0.379 e. The number of carbonyl (C=O) groups excluding carboxylic acids is 2. The molecule has 1 unspecified atom stereocenters. The topological polar surface area (TPSA) is 70.7 Å². The highest BCUT2D eigenvalue weighted by Gasteiger charge is 2.23. The van der Waals surface area contributed by atoms with Crippen LogP contribution in [0.2, 0.25) is 0 Å². The number of urea groups is 1. The molecule has 0 bridgehead atoms. The lowest BCUT2D eigenvalue weighted by atomic mass is 10.3. The molecule has 6 heteroatoms. The summed E-state index contributed by atoms with van der Waals surface area (Å²) in [6, 6.07) is -0.0636. The van der Waals surface area contributed by atoms with Crippen LogP contribution in [0, 0.1) is 0 Å². The quantitative estimate of drug-likeness (QED) is 0.622. The fourth-order valence-electron chi connectivity index (χ4n) is 1.89. The number of hydrogen-bond donors (Lipinski definition) is 2. The highest BCUT2D eigenvalue weighted by atomic mass is 16.5. The molecule has 2 N–H and O–H groups in total. The first-order valence-corrected chi connectivity index (χ1v) is 5.65. The number of hydrogen-bond acceptors (Lipinski definition) is 3. The maximum Gasteiger partial charge on any atom is 0.318 e. The lowest BCUT2D eigenvalue weighted by molar-refractivity contribution is -0.121. The summed E-state index contributed by atoms with van der Waals surface area (Å²) in [7, 11) is 0. The van der Waals surface area contributed by atoms with Crippen LogP contribution in [0.1, 0.15) is 12.8 Å². The Morgan fingerprint density at radius 1 is 1.56 bits per heavy atom. The fourth-order valence-corrected chi connectivity index (χ4v) is 1.89. The van der Waals surface area contributed by atoms with Gasteiger partial charge in [0.1, 0.15) is 6.54 Å². The minimum atomic E-state index is -0.160. The van der Waals surface area contributed by atoms with Crippen molar-refractivity contribution in [1.29, 1.82) is 0 Å². The minimum absolute atomic E-state index is 0.0877. The Hall–Kier alpha value is -1.30. The molecule has 0 saturated carbocycles. The lowest BCUT2D eigenvalue weighted by Gasteiger charge is -2.21. The summed E-state index contributed by atoms with van der Waals surface area (Å²) in [5.41, 5.74) is 0. The van der Waals surface area contributed by atoms with Crippen molar-refractivity contribution in [3.05, 3.63) is 0 Å². The third kappa shape index (κ3) is 2.85. The van der Waals surface area contributed by atoms with Crippen LogP contribution in [0.25, 0.3) is 0 Å². The second-order valence-corrected chi connectivity index (χ2v) is 4.14. The Labute approximate surface area is 94.3 Å². The third-order valence-corrected chi connectivity index (χ3v) is 2.81. The van der Waals surface area contributed by atoms with Crippen LogP contribution in [0.5, 0.6) is 0 Å². The van der Waals surface area contributed by atoms with Gasteiger partial charge in [-0.15, -0.1) is 0 Å². The molecule has 0 aliphatic carbocycles. The molecule has 90 valence electrons. The van der Waals surface area contributed by atoms with E-state index in [4.69, 9.17) is 4.74 Å². The third-order valence-electron chi connectivity index (χ3n) is 2.81. The molecule has 0 aromatic carbocycles. The van der Waals surface area contributed by atoms with Gasteiger partial charge in [-0.05, 0) is 12.8 Å². The second-order valence-electron chi connectivity index (χ2n) is 4.14. The molecule has 16 heavy (non-hydrogen) atoms. The maximum atomic E-state index is 11.8. The van der Waals surface area contributed by atoms with E-state index in [1.54, 1.807) is 4.90 Å². The van der Waals surface area contributed by atoms with Gasteiger partial charge in [0, 0.05) is 19.7 Å². The van der Waals surface area contributed by atoms with E-state index in [9.17, 15) is 9.59 Å². The van der Waals surface area contributed by atoms with Crippen LogP contribution >= 0.6 is 0 Å². The van der Waals surface area contributed by atoms with Crippen molar-refractivity contribution in [2.24, 2.45) is 0 Å². The van der Waals surface area contributed by atoms with Crippen LogP contribution in [-0.2, 0) is 9.53 Å². The molecule has 0 radical (unpaired) electrons. The van der Waals surface area contributed by atoms with Crippen molar-refractivity contribution in [2.45, 2.75) is 18.9 Å². The number of nitrogens with one attached hydrogen (secondary N) is 2. The van der Waals surface area contributed by atoms with E-state index in [0.29, 0.717) is 26.3 Å². The van der Waals surface area contributed by atoms with Gasteiger partial charge in [-0.25, -0.2) is 4.79 Å². The molecule has 6 nitrogen and oxygen atoms in total. The van der Waals surface area contributed by atoms with Crippen LogP contribution in [0.15, 0.2) is 0 Å². The predicted octanol–water partition coefficient (Wildman–Crippen LogP) is -0.693. The van der Waals surface area contributed by atoms with Gasteiger partial charge >= 0.3 is 6.03 Å². The van der Waals surface area contributed by atoms with Gasteiger partial charge in [-0.3, -0.25) is 4.79 Å². The second kappa shape index (κ2) is 5.16. The molecular weight excluding hydrogens is 210 g/mol. The summed E-state index contributed by atoms with van der Waals surface area (Å²) in [4.78, 5) is 24.7. The molecule has 2 saturated heterocycles. The van der Waals surface area contributed by atoms with Crippen LogP contribution in [0.4, 0.5) is 4.79 Å². The molecule has 2 aliphatic rings. The van der Waals surface area contributed by atoms with E-state index < -0.39 is 0 Å². The predicted molar refractivity (Wildman–Crippen MR) is 57.0 cm³/mol. The first kappa shape index (κ1) is 11.2. The standard InChI is InChI=1S/C10H17N3O3/c14-9-6-13(4-1-3-11-9)10(15)12-8-2-5-16-7-8/h8H,1-7H2,(H,11,14)(H,12,15). The zero-order chi connectivity index (χ0) is 11.4. The maximum absolute atomic E-state index is 11.8. The van der Waals surface area contributed by atoms with E-state index in [2.05, 4.69) is 10.6 Å². The first-order chi connectivity index (χ1) is 7.75. The van der Waals surface area contributed by atoms with Crippen molar-refractivity contribution in [3.8, 4) is 0 Å². The van der Waals surface area contributed by atoms with Gasteiger partial charge < -0.3 is 20.3 Å². The summed E-state index contributed by atoms with van der Waals surface area (Å²) in [6.07, 6.45) is 1.66. The van der Waals surface area contributed by atoms with E-state index in [1.807, 2.05) is 0 Å². The zero-order valence-corrected chi connectivity index (χ0v) is 9.20. The Kier molecular flexibility index (Phi) is 3.61. The molecule has 0 spiro atoms. The van der Waals surface area contributed by atoms with Gasteiger partial charge in [0.05, 0.1) is 12.6 Å². The van der Waals surface area contributed by atoms with Gasteiger partial charge in [0.15, 0.2) is 0 Å². The fraction of sp³-hybridized carbons (Fsp3) is 0.800. The van der Waals surface area contributed by atoms with Crippen molar-refractivity contribution in [2.75, 3.05) is 32.8 Å². The van der Waals surface area contributed by atoms with Gasteiger partial charge in [0.2, 0.25) is 5.91 Å². The highest BCUT2D eigenvalue weighted by molar-refractivity contribution is 5.84. The smallest absolute Gasteiger partial charge is 0.318 e. The number of nitrogens with zero attached hydrogens (tertiary/aromatic N) is 1. The van der Waals surface area contributed by atoms with Crippen LogP contribution in [-0.4, -0.2) is 55.7 Å². The van der Waals surface area contributed by atoms with Gasteiger partial charge in [-0.1, -0.05) is 0 Å². The normalized spacial score (nSPS) is 26.1. The number of ether oxygens (including phenoxy) is 1. The average molecular weight is 227 g/mol. The van der Waals surface area contributed by atoms with E-state index in [-0.39, 0.29) is 24.5 Å². The Balaban J connectivity index is 1.84. The van der Waals surface area contributed by atoms with Gasteiger partial charge in [-0.2, -0.15) is 0 Å². The Morgan fingerprint density at radius 3 is 3.19 bits per heavy atom. The molecule has 2 heterocycles. The lowest BCUT2D eigenvalue weighted by Crippen LogP contribution is -2.47. The molecule has 3 amide bonds. The molecule has 0 aromatic rings. The Bertz CT molecular complexity index is 276. The monoisotopic (exact) mass is 227 g/mol. The molecule has 2 aliphatic heterocycles. The Morgan fingerprint density at radius 2 is 2.44 bits per heavy atom. The first-order valence-electron chi connectivity index (χ1n) is 5.65. The summed E-state index contributed by atoms with van der Waals surface area (Å²) < 4.78 is 5.18. The summed E-state index contributed by atoms with van der Waals surface area (Å²) in [5.74, 6) is -0.0877. The SMILES string of the molecule is O=C1CN(C(=O)NC2CCOC2)CCCN1. The summed E-state index contributed by atoms with van der Waals surface area (Å²) in [6.45, 7) is 2.70. The molecule has 1 atom stereocenters. The van der Waals surface area contributed by atoms with E-state index >= 15 is 0 Å². The summed E-state index contributed by atoms with van der Waals surface area (Å²) in [5, 5.41) is 5.62. The number of carbonyl (C=O) groups is 2. The minimum Gasteiger partial charge on any atom is -0.379 e. The van der Waals surface area contributed by atoms with Crippen molar-refractivity contribution in [1.82, 2.24) is 15.5 Å². The molecule has 2 rings (SSSR count). The van der Waals surface area contributed by atoms with Crippen LogP contribution in [0.3, 0.4) is 0 Å². The molecular formula is C10H17N3O3. The summed E-state index contributed by atoms with van der Waals surface area (Å²) >= 11 is 0. The number of rotatable bonds is 1. The van der Waals surface area contributed by atoms with Crippen molar-refractivity contribution < 1.29 is 14.3 Å². The number of amides is 3. The van der Waals surface area contributed by atoms with Gasteiger partial charge in [0.25, 0.3) is 0 Å². The van der Waals surface area contributed by atoms with Crippen molar-refractivity contribution >= 4 is 11.9 Å². The highest BCUT2D eigenvalue weighted by Crippen LogP contribution is 2.05. The average Bonchev–Trinajstić information content (AvgIpc) is 2.65. The van der Waals surface area contributed by atoms with Crippen molar-refractivity contribution in [3.63, 3.8) is 0 Å². The van der Waals surface area contributed by atoms with E-state index in [0.717, 1.165) is 12.8 Å². The molecule has 2 fully saturated rings. The van der Waals surface area contributed by atoms with E-state index in [1.165, 1.54) is 0 Å². The molecule has 0 aromatic heterocycles. The zero-order valence-electron chi connectivity index (χ0n) is 9.20. The van der Waals surface area contributed by atoms with Crippen LogP contribution < -0.4 is 10.6 Å².